The number of nitrogens with zero attached hydrogens (tertiary/aromatic N) is 4. The van der Waals surface area contributed by atoms with E-state index in [-0.39, 0.29) is 16.2 Å². The third kappa shape index (κ3) is 4.68. The van der Waals surface area contributed by atoms with Crippen LogP contribution in [0.4, 0.5) is 17.1 Å². The maximum absolute atomic E-state index is 13.8. The van der Waals surface area contributed by atoms with E-state index in [4.69, 9.17) is 5.14 Å². The predicted octanol–water partition coefficient (Wildman–Crippen LogP) is 5.38. The first kappa shape index (κ1) is 28.0. The number of fused-ring (bicyclic) bond motifs is 3. The van der Waals surface area contributed by atoms with Gasteiger partial charge in [0.15, 0.2) is 0 Å². The van der Waals surface area contributed by atoms with Crippen molar-refractivity contribution in [2.24, 2.45) is 10.2 Å². The molecule has 0 spiro atoms. The highest BCUT2D eigenvalue weighted by Gasteiger charge is 2.40. The topological polar surface area (TPSA) is 139 Å². The van der Waals surface area contributed by atoms with E-state index in [1.807, 2.05) is 25.3 Å². The second kappa shape index (κ2) is 10.0. The Bertz CT molecular complexity index is 2030. The summed E-state index contributed by atoms with van der Waals surface area (Å²) in [5, 5.41) is 24.5. The molecule has 4 aromatic carbocycles. The average Bonchev–Trinajstić information content (AvgIpc) is 3.41. The lowest BCUT2D eigenvalue weighted by molar-refractivity contribution is -0.384. The minimum atomic E-state index is -3.92. The summed E-state index contributed by atoms with van der Waals surface area (Å²) < 4.78 is 23.5. The van der Waals surface area contributed by atoms with Crippen molar-refractivity contribution in [1.29, 1.82) is 0 Å². The molecule has 43 heavy (non-hydrogen) atoms. The van der Waals surface area contributed by atoms with Gasteiger partial charge in [-0.3, -0.25) is 14.9 Å². The normalized spacial score (nSPS) is 18.0. The van der Waals surface area contributed by atoms with E-state index in [0.29, 0.717) is 17.0 Å². The van der Waals surface area contributed by atoms with E-state index in [1.54, 1.807) is 18.2 Å². The van der Waals surface area contributed by atoms with Crippen molar-refractivity contribution in [3.8, 4) is 0 Å². The third-order valence-corrected chi connectivity index (χ3v) is 8.87. The van der Waals surface area contributed by atoms with Crippen LogP contribution in [0.3, 0.4) is 0 Å². The van der Waals surface area contributed by atoms with Crippen molar-refractivity contribution in [2.75, 3.05) is 17.0 Å². The molecule has 0 bridgehead atoms. The fourth-order valence-corrected chi connectivity index (χ4v) is 6.34. The standard InChI is InChI=1S/C32H27N5O5S/c1-32(2)28(35(3)27-18-10-20-6-4-5-7-25(20)29(27)32)19-17-26-30(21-8-11-23(12-9-21)37(39)40)34-36(31(26)38)22-13-15-24(16-14-22)43(33,41)42/h4-19H,1-3H3,(H2,33,41,42)/b26-17-,28-19+. The molecular formula is C32H27N5O5S. The lowest BCUT2D eigenvalue weighted by Crippen LogP contribution is -2.23. The zero-order valence-corrected chi connectivity index (χ0v) is 24.4. The summed E-state index contributed by atoms with van der Waals surface area (Å²) >= 11 is 0. The van der Waals surface area contributed by atoms with E-state index in [1.165, 1.54) is 47.0 Å². The first-order valence-corrected chi connectivity index (χ1v) is 14.9. The number of sulfonamides is 1. The van der Waals surface area contributed by atoms with Gasteiger partial charge >= 0.3 is 0 Å². The summed E-state index contributed by atoms with van der Waals surface area (Å²) in [5.41, 5.74) is 4.22. The summed E-state index contributed by atoms with van der Waals surface area (Å²) in [6, 6.07) is 23.8. The van der Waals surface area contributed by atoms with E-state index in [0.717, 1.165) is 22.2 Å². The molecule has 10 nitrogen and oxygen atoms in total. The van der Waals surface area contributed by atoms with Crippen LogP contribution >= 0.6 is 0 Å². The molecule has 216 valence electrons. The number of hydrogen-bond acceptors (Lipinski definition) is 7. The molecular weight excluding hydrogens is 566 g/mol. The second-order valence-corrected chi connectivity index (χ2v) is 12.5. The number of non-ortho nitro benzene ring substituents is 1. The van der Waals surface area contributed by atoms with Crippen LogP contribution in [-0.2, 0) is 20.2 Å². The van der Waals surface area contributed by atoms with Gasteiger partial charge in [0.2, 0.25) is 10.0 Å². The smallest absolute Gasteiger partial charge is 0.281 e. The molecule has 0 fully saturated rings. The molecule has 0 aliphatic carbocycles. The van der Waals surface area contributed by atoms with Crippen LogP contribution in [0.15, 0.2) is 118 Å². The molecule has 2 N–H and O–H groups in total. The summed E-state index contributed by atoms with van der Waals surface area (Å²) in [6.45, 7) is 4.29. The number of carbonyl (C=O) groups is 1. The first-order valence-electron chi connectivity index (χ1n) is 13.4. The van der Waals surface area contributed by atoms with Gasteiger partial charge in [-0.25, -0.2) is 13.6 Å². The largest absolute Gasteiger partial charge is 0.347 e. The Balaban J connectivity index is 1.45. The molecule has 0 saturated heterocycles. The summed E-state index contributed by atoms with van der Waals surface area (Å²) in [7, 11) is -1.93. The van der Waals surface area contributed by atoms with Gasteiger partial charge in [0, 0.05) is 41.5 Å². The van der Waals surface area contributed by atoms with Gasteiger partial charge in [-0.15, -0.1) is 0 Å². The van der Waals surface area contributed by atoms with Crippen molar-refractivity contribution in [3.05, 3.63) is 130 Å². The molecule has 0 unspecified atom stereocenters. The maximum Gasteiger partial charge on any atom is 0.281 e. The Morgan fingerprint density at radius 1 is 0.930 bits per heavy atom. The molecule has 2 heterocycles. The van der Waals surface area contributed by atoms with Crippen LogP contribution in [0, 0.1) is 10.1 Å². The van der Waals surface area contributed by atoms with E-state index in [9.17, 15) is 23.3 Å². The zero-order chi connectivity index (χ0) is 30.7. The number of allylic oxidation sites excluding steroid dienone is 3. The van der Waals surface area contributed by atoms with E-state index in [2.05, 4.69) is 48.1 Å². The molecule has 6 rings (SSSR count). The monoisotopic (exact) mass is 593 g/mol. The third-order valence-electron chi connectivity index (χ3n) is 7.94. The SMILES string of the molecule is CN1/C(=C/C=C2\C(=O)N(c3ccc(S(N)(=O)=O)cc3)N=C2c2ccc([N+](=O)[O-])cc2)C(C)(C)c2c1ccc1ccccc21. The number of rotatable bonds is 5. The molecule has 0 atom stereocenters. The minimum Gasteiger partial charge on any atom is -0.347 e. The van der Waals surface area contributed by atoms with Crippen molar-refractivity contribution in [3.63, 3.8) is 0 Å². The molecule has 0 radical (unpaired) electrons. The fourth-order valence-electron chi connectivity index (χ4n) is 5.83. The predicted molar refractivity (Wildman–Crippen MR) is 166 cm³/mol. The van der Waals surface area contributed by atoms with Crippen LogP contribution < -0.4 is 15.0 Å². The number of nitro groups is 1. The molecule has 0 aromatic heterocycles. The Morgan fingerprint density at radius 3 is 2.26 bits per heavy atom. The van der Waals surface area contributed by atoms with Crippen LogP contribution in [0.1, 0.15) is 25.0 Å². The summed E-state index contributed by atoms with van der Waals surface area (Å²) in [5.74, 6) is -0.435. The molecule has 0 saturated carbocycles. The Kier molecular flexibility index (Phi) is 6.52. The zero-order valence-electron chi connectivity index (χ0n) is 23.6. The Labute approximate surface area is 248 Å². The fraction of sp³-hybridized carbons (Fsp3) is 0.125. The van der Waals surface area contributed by atoms with Crippen LogP contribution in [0.5, 0.6) is 0 Å². The van der Waals surface area contributed by atoms with Crippen molar-refractivity contribution in [1.82, 2.24) is 0 Å². The molecule has 2 aliphatic rings. The lowest BCUT2D eigenvalue weighted by atomic mass is 9.81. The molecule has 11 heteroatoms. The van der Waals surface area contributed by atoms with Gasteiger partial charge in [-0.1, -0.05) is 44.2 Å². The highest BCUT2D eigenvalue weighted by Crippen LogP contribution is 2.50. The van der Waals surface area contributed by atoms with Gasteiger partial charge in [0.05, 0.1) is 21.1 Å². The second-order valence-electron chi connectivity index (χ2n) is 10.9. The van der Waals surface area contributed by atoms with Gasteiger partial charge in [0.25, 0.3) is 11.6 Å². The molecule has 2 aliphatic heterocycles. The highest BCUT2D eigenvalue weighted by atomic mass is 32.2. The Hall–Kier alpha value is -5.13. The van der Waals surface area contributed by atoms with Gasteiger partial charge in [0.1, 0.15) is 5.71 Å². The number of benzene rings is 4. The van der Waals surface area contributed by atoms with Gasteiger partial charge < -0.3 is 4.90 Å². The minimum absolute atomic E-state index is 0.0870. The lowest BCUT2D eigenvalue weighted by Gasteiger charge is -2.24. The molecule has 4 aromatic rings. The number of amides is 1. The summed E-state index contributed by atoms with van der Waals surface area (Å²) in [6.07, 6.45) is 3.64. The van der Waals surface area contributed by atoms with E-state index < -0.39 is 26.3 Å². The number of nitrogens with two attached hydrogens (primary N) is 1. The highest BCUT2D eigenvalue weighted by molar-refractivity contribution is 7.89. The number of primary sulfonamides is 1. The summed E-state index contributed by atoms with van der Waals surface area (Å²) in [4.78, 5) is 26.6. The number of hydrogen-bond donors (Lipinski definition) is 1. The van der Waals surface area contributed by atoms with E-state index >= 15 is 0 Å². The van der Waals surface area contributed by atoms with Crippen molar-refractivity contribution in [2.45, 2.75) is 24.2 Å². The number of nitro benzene ring substituents is 1. The average molecular weight is 594 g/mol. The Morgan fingerprint density at radius 2 is 1.60 bits per heavy atom. The van der Waals surface area contributed by atoms with Crippen LogP contribution in [0.25, 0.3) is 10.8 Å². The number of likely N-dealkylation sites (N-methyl/N-ethyl adjacent to an activating group) is 1. The first-order chi connectivity index (χ1) is 20.4. The molecule has 1 amide bonds. The quantitative estimate of drug-likeness (QED) is 0.187. The maximum atomic E-state index is 13.8. The van der Waals surface area contributed by atoms with Crippen LogP contribution in [-0.4, -0.2) is 32.0 Å². The number of anilines is 2. The van der Waals surface area contributed by atoms with Gasteiger partial charge in [-0.2, -0.15) is 10.1 Å². The van der Waals surface area contributed by atoms with Gasteiger partial charge in [-0.05, 0) is 71.0 Å². The van der Waals surface area contributed by atoms with Crippen molar-refractivity contribution < 1.29 is 18.1 Å². The number of carbonyl (C=O) groups excluding carboxylic acids is 1. The number of hydrazone groups is 1. The van der Waals surface area contributed by atoms with Crippen LogP contribution in [0.2, 0.25) is 0 Å². The van der Waals surface area contributed by atoms with Crippen molar-refractivity contribution >= 4 is 49.5 Å².